The van der Waals surface area contributed by atoms with Gasteiger partial charge in [0.25, 0.3) is 0 Å². The van der Waals surface area contributed by atoms with Crippen molar-refractivity contribution in [2.75, 3.05) is 23.5 Å². The van der Waals surface area contributed by atoms with Crippen LogP contribution in [0.25, 0.3) is 0 Å². The van der Waals surface area contributed by atoms with Gasteiger partial charge in [-0.1, -0.05) is 25.2 Å². The molecular weight excluding hydrogens is 377 g/mol. The minimum Gasteiger partial charge on any atom is -0.491 e. The van der Waals surface area contributed by atoms with Gasteiger partial charge in [-0.25, -0.2) is 9.37 Å². The quantitative estimate of drug-likeness (QED) is 0.520. The minimum atomic E-state index is -0.523. The van der Waals surface area contributed by atoms with E-state index in [1.807, 2.05) is 20.1 Å². The number of rotatable bonds is 8. The van der Waals surface area contributed by atoms with Gasteiger partial charge < -0.3 is 15.4 Å². The fourth-order valence-corrected chi connectivity index (χ4v) is 3.18. The van der Waals surface area contributed by atoms with E-state index in [2.05, 4.69) is 15.6 Å². The Hall–Kier alpha value is -2.13. The Balaban J connectivity index is 1.95. The number of thioether (sulfide) groups is 1. The van der Waals surface area contributed by atoms with Gasteiger partial charge in [-0.05, 0) is 24.3 Å². The highest BCUT2D eigenvalue weighted by atomic mass is 32.2. The Labute approximate surface area is 159 Å². The van der Waals surface area contributed by atoms with Gasteiger partial charge in [-0.2, -0.15) is 0 Å². The number of carbonyl (C=O) groups excluding carboxylic acids is 2. The highest BCUT2D eigenvalue weighted by Gasteiger charge is 2.15. The van der Waals surface area contributed by atoms with Crippen LogP contribution in [0, 0.1) is 11.7 Å². The fraction of sp³-hybridized carbons (Fsp3) is 0.353. The van der Waals surface area contributed by atoms with Crippen molar-refractivity contribution in [1.29, 1.82) is 0 Å². The molecular formula is C17H20FN3O3S2. The van der Waals surface area contributed by atoms with E-state index in [1.165, 1.54) is 41.3 Å². The lowest BCUT2D eigenvalue weighted by molar-refractivity contribution is -0.123. The molecule has 0 saturated heterocycles. The molecule has 0 fully saturated rings. The van der Waals surface area contributed by atoms with Crippen LogP contribution in [-0.4, -0.2) is 29.7 Å². The van der Waals surface area contributed by atoms with E-state index < -0.39 is 17.6 Å². The standard InChI is InChI=1S/C17H20FN3O3S2/c1-10(2)9-24-13-6-11(18)4-5-12(13)20-14(22)7-15(23)21-17-19-8-16(25-3)26-17/h4-6,8,10H,7,9H2,1-3H3,(H,20,22)(H,19,21,23). The summed E-state index contributed by atoms with van der Waals surface area (Å²) < 4.78 is 19.9. The number of hydrogen-bond donors (Lipinski definition) is 2. The van der Waals surface area contributed by atoms with Crippen molar-refractivity contribution in [3.05, 3.63) is 30.2 Å². The number of carbonyl (C=O) groups is 2. The first-order chi connectivity index (χ1) is 12.4. The van der Waals surface area contributed by atoms with Crippen LogP contribution in [0.3, 0.4) is 0 Å². The molecule has 6 nitrogen and oxygen atoms in total. The van der Waals surface area contributed by atoms with E-state index in [9.17, 15) is 14.0 Å². The van der Waals surface area contributed by atoms with Crippen LogP contribution in [0.15, 0.2) is 28.6 Å². The van der Waals surface area contributed by atoms with E-state index in [0.29, 0.717) is 17.4 Å². The molecule has 0 spiro atoms. The monoisotopic (exact) mass is 397 g/mol. The molecule has 1 aromatic carbocycles. The van der Waals surface area contributed by atoms with Gasteiger partial charge in [0, 0.05) is 6.07 Å². The summed E-state index contributed by atoms with van der Waals surface area (Å²) >= 11 is 2.85. The maximum atomic E-state index is 13.4. The van der Waals surface area contributed by atoms with Crippen LogP contribution in [0.5, 0.6) is 5.75 Å². The van der Waals surface area contributed by atoms with Crippen molar-refractivity contribution < 1.29 is 18.7 Å². The SMILES string of the molecule is CSc1cnc(NC(=O)CC(=O)Nc2ccc(F)cc2OCC(C)C)s1. The number of benzene rings is 1. The third kappa shape index (κ3) is 6.30. The van der Waals surface area contributed by atoms with Crippen LogP contribution in [0.4, 0.5) is 15.2 Å². The molecule has 0 aliphatic rings. The number of ether oxygens (including phenoxy) is 1. The zero-order valence-electron chi connectivity index (χ0n) is 14.7. The molecule has 0 atom stereocenters. The Morgan fingerprint density at radius 3 is 2.69 bits per heavy atom. The first-order valence-corrected chi connectivity index (χ1v) is 9.93. The molecule has 9 heteroatoms. The largest absolute Gasteiger partial charge is 0.491 e. The third-order valence-electron chi connectivity index (χ3n) is 3.04. The molecule has 0 unspecified atom stereocenters. The first kappa shape index (κ1) is 20.2. The number of aromatic nitrogens is 1. The van der Waals surface area contributed by atoms with Crippen molar-refractivity contribution in [2.24, 2.45) is 5.92 Å². The number of thiazole rings is 1. The number of halogens is 1. The molecule has 2 amide bonds. The molecule has 140 valence electrons. The summed E-state index contributed by atoms with van der Waals surface area (Å²) in [5, 5.41) is 5.60. The Morgan fingerprint density at radius 1 is 1.31 bits per heavy atom. The van der Waals surface area contributed by atoms with E-state index in [1.54, 1.807) is 6.20 Å². The topological polar surface area (TPSA) is 80.3 Å². The van der Waals surface area contributed by atoms with Crippen molar-refractivity contribution in [2.45, 2.75) is 24.5 Å². The predicted octanol–water partition coefficient (Wildman–Crippen LogP) is 4.01. The maximum Gasteiger partial charge on any atom is 0.235 e. The van der Waals surface area contributed by atoms with Gasteiger partial charge >= 0.3 is 0 Å². The second-order valence-corrected chi connectivity index (χ2v) is 7.94. The summed E-state index contributed by atoms with van der Waals surface area (Å²) in [5.74, 6) is -0.983. The van der Waals surface area contributed by atoms with Crippen LogP contribution in [0.2, 0.25) is 0 Å². The van der Waals surface area contributed by atoms with Crippen LogP contribution in [-0.2, 0) is 9.59 Å². The molecule has 0 aliphatic heterocycles. The van der Waals surface area contributed by atoms with Gasteiger partial charge in [-0.3, -0.25) is 9.59 Å². The lowest BCUT2D eigenvalue weighted by Crippen LogP contribution is -2.21. The average Bonchev–Trinajstić information content (AvgIpc) is 3.02. The lowest BCUT2D eigenvalue weighted by atomic mass is 10.2. The lowest BCUT2D eigenvalue weighted by Gasteiger charge is -2.14. The van der Waals surface area contributed by atoms with Crippen molar-refractivity contribution in [3.8, 4) is 5.75 Å². The molecule has 0 saturated carbocycles. The van der Waals surface area contributed by atoms with Gasteiger partial charge in [0.15, 0.2) is 5.13 Å². The summed E-state index contributed by atoms with van der Waals surface area (Å²) in [6, 6.07) is 3.83. The smallest absolute Gasteiger partial charge is 0.235 e. The van der Waals surface area contributed by atoms with Crippen LogP contribution in [0.1, 0.15) is 20.3 Å². The second kappa shape index (κ2) is 9.54. The zero-order valence-corrected chi connectivity index (χ0v) is 16.3. The summed E-state index contributed by atoms with van der Waals surface area (Å²) in [5.41, 5.74) is 0.323. The third-order valence-corrected chi connectivity index (χ3v) is 5.01. The molecule has 2 N–H and O–H groups in total. The predicted molar refractivity (Wildman–Crippen MR) is 103 cm³/mol. The van der Waals surface area contributed by atoms with Crippen molar-refractivity contribution >= 4 is 45.7 Å². The number of amides is 2. The normalized spacial score (nSPS) is 10.7. The van der Waals surface area contributed by atoms with Crippen LogP contribution < -0.4 is 15.4 Å². The Bertz CT molecular complexity index is 780. The van der Waals surface area contributed by atoms with E-state index in [-0.39, 0.29) is 18.1 Å². The van der Waals surface area contributed by atoms with E-state index in [0.717, 1.165) is 4.21 Å². The molecule has 1 aromatic heterocycles. The number of anilines is 2. The molecule has 0 bridgehead atoms. The summed E-state index contributed by atoms with van der Waals surface area (Å²) in [7, 11) is 0. The Morgan fingerprint density at radius 2 is 2.04 bits per heavy atom. The first-order valence-electron chi connectivity index (χ1n) is 7.89. The molecule has 0 aliphatic carbocycles. The van der Waals surface area contributed by atoms with Crippen molar-refractivity contribution in [1.82, 2.24) is 4.98 Å². The van der Waals surface area contributed by atoms with E-state index in [4.69, 9.17) is 4.74 Å². The van der Waals surface area contributed by atoms with Crippen LogP contribution >= 0.6 is 23.1 Å². The molecule has 26 heavy (non-hydrogen) atoms. The Kier molecular flexibility index (Phi) is 7.40. The van der Waals surface area contributed by atoms with Crippen molar-refractivity contribution in [3.63, 3.8) is 0 Å². The van der Waals surface area contributed by atoms with Gasteiger partial charge in [0.05, 0.1) is 22.7 Å². The maximum absolute atomic E-state index is 13.4. The van der Waals surface area contributed by atoms with E-state index >= 15 is 0 Å². The summed E-state index contributed by atoms with van der Waals surface area (Å²) in [6.07, 6.45) is 3.19. The molecule has 2 aromatic rings. The molecule has 0 radical (unpaired) electrons. The van der Waals surface area contributed by atoms with Gasteiger partial charge in [0.2, 0.25) is 11.8 Å². The zero-order chi connectivity index (χ0) is 19.1. The fourth-order valence-electron chi connectivity index (χ4n) is 1.89. The summed E-state index contributed by atoms with van der Waals surface area (Å²) in [6.45, 7) is 4.31. The van der Waals surface area contributed by atoms with Gasteiger partial charge in [0.1, 0.15) is 18.0 Å². The molecule has 1 heterocycles. The number of hydrogen-bond acceptors (Lipinski definition) is 6. The number of nitrogens with one attached hydrogen (secondary N) is 2. The van der Waals surface area contributed by atoms with Gasteiger partial charge in [-0.15, -0.1) is 11.8 Å². The number of nitrogens with zero attached hydrogens (tertiary/aromatic N) is 1. The highest BCUT2D eigenvalue weighted by molar-refractivity contribution is 8.00. The second-order valence-electron chi connectivity index (χ2n) is 5.81. The molecule has 2 rings (SSSR count). The highest BCUT2D eigenvalue weighted by Crippen LogP contribution is 2.27. The average molecular weight is 397 g/mol. The summed E-state index contributed by atoms with van der Waals surface area (Å²) in [4.78, 5) is 28.1. The minimum absolute atomic E-state index is 0.233.